The molecule has 0 radical (unpaired) electrons. The molecule has 2 rings (SSSR count). The van der Waals surface area contributed by atoms with Gasteiger partial charge < -0.3 is 9.26 Å². The fraction of sp³-hybridized carbons (Fsp3) is 0.880. The predicted octanol–water partition coefficient (Wildman–Crippen LogP) is 7.87. The molecule has 6 nitrogen and oxygen atoms in total. The summed E-state index contributed by atoms with van der Waals surface area (Å²) >= 11 is 0. The van der Waals surface area contributed by atoms with Crippen molar-refractivity contribution in [3.8, 4) is 0 Å². The summed E-state index contributed by atoms with van der Waals surface area (Å²) in [4.78, 5) is 12.1. The minimum Gasteiger partial charge on any atom is -0.461 e. The minimum absolute atomic E-state index is 0.132. The molecule has 1 fully saturated rings. The van der Waals surface area contributed by atoms with E-state index in [2.05, 4.69) is 13.8 Å². The summed E-state index contributed by atoms with van der Waals surface area (Å²) < 4.78 is 35.0. The van der Waals surface area contributed by atoms with E-state index in [0.717, 1.165) is 25.7 Å². The van der Waals surface area contributed by atoms with Crippen molar-refractivity contribution >= 4 is 13.8 Å². The van der Waals surface area contributed by atoms with E-state index in [1.807, 2.05) is 0 Å². The van der Waals surface area contributed by atoms with Gasteiger partial charge in [-0.3, -0.25) is 9.05 Å². The van der Waals surface area contributed by atoms with E-state index in [4.69, 9.17) is 18.3 Å². The van der Waals surface area contributed by atoms with Crippen LogP contribution in [-0.4, -0.2) is 25.8 Å². The molecule has 0 saturated carbocycles. The number of unbranched alkanes of at least 4 members (excludes halogenated alkanes) is 13. The van der Waals surface area contributed by atoms with Gasteiger partial charge >= 0.3 is 13.8 Å². The van der Waals surface area contributed by atoms with Crippen molar-refractivity contribution in [2.24, 2.45) is 5.92 Å². The number of allylic oxidation sites excluding steroid dienone is 1. The molecule has 0 amide bonds. The number of esters is 1. The second kappa shape index (κ2) is 15.9. The molecule has 2 unspecified atom stereocenters. The van der Waals surface area contributed by atoms with Crippen molar-refractivity contribution in [3.05, 3.63) is 11.3 Å². The van der Waals surface area contributed by atoms with Crippen LogP contribution in [-0.2, 0) is 27.7 Å². The average molecular weight is 473 g/mol. The molecule has 2 heterocycles. The molecule has 0 aromatic heterocycles. The number of phosphoric acid groups is 1. The van der Waals surface area contributed by atoms with Gasteiger partial charge in [0, 0.05) is 6.42 Å². The van der Waals surface area contributed by atoms with Crippen molar-refractivity contribution in [2.75, 3.05) is 19.8 Å². The first-order valence-electron chi connectivity index (χ1n) is 13.1. The van der Waals surface area contributed by atoms with Crippen LogP contribution in [0.1, 0.15) is 117 Å². The first-order chi connectivity index (χ1) is 15.6. The summed E-state index contributed by atoms with van der Waals surface area (Å²) in [5, 5.41) is 0. The van der Waals surface area contributed by atoms with Gasteiger partial charge in [0.2, 0.25) is 0 Å². The van der Waals surface area contributed by atoms with Gasteiger partial charge in [0.1, 0.15) is 12.4 Å². The number of phosphoric ester groups is 1. The van der Waals surface area contributed by atoms with Gasteiger partial charge in [-0.1, -0.05) is 97.3 Å². The summed E-state index contributed by atoms with van der Waals surface area (Å²) in [6.45, 7) is 5.06. The number of rotatable bonds is 18. The maximum Gasteiger partial charge on any atom is 0.529 e. The Morgan fingerprint density at radius 2 is 1.38 bits per heavy atom. The molecule has 186 valence electrons. The first kappa shape index (κ1) is 27.4. The van der Waals surface area contributed by atoms with Gasteiger partial charge in [-0.2, -0.15) is 0 Å². The van der Waals surface area contributed by atoms with Crippen molar-refractivity contribution in [1.29, 1.82) is 0 Å². The largest absolute Gasteiger partial charge is 0.529 e. The van der Waals surface area contributed by atoms with Gasteiger partial charge in [0.05, 0.1) is 24.7 Å². The minimum atomic E-state index is -3.68. The Bertz CT molecular complexity index is 618. The Labute approximate surface area is 195 Å². The highest BCUT2D eigenvalue weighted by molar-refractivity contribution is 7.48. The summed E-state index contributed by atoms with van der Waals surface area (Å²) in [5.74, 6) is -0.162. The molecule has 0 aromatic rings. The summed E-state index contributed by atoms with van der Waals surface area (Å²) in [7, 11) is -3.68. The summed E-state index contributed by atoms with van der Waals surface area (Å²) in [5.41, 5.74) is 0.487. The Hall–Kier alpha value is -0.840. The highest BCUT2D eigenvalue weighted by atomic mass is 31.2. The van der Waals surface area contributed by atoms with E-state index in [1.54, 1.807) is 0 Å². The van der Waals surface area contributed by atoms with Gasteiger partial charge in [-0.25, -0.2) is 9.36 Å². The normalized spacial score (nSPS) is 23.1. The van der Waals surface area contributed by atoms with E-state index < -0.39 is 7.82 Å². The number of hydrogen-bond acceptors (Lipinski definition) is 6. The number of carbonyl (C=O) groups is 1. The van der Waals surface area contributed by atoms with Crippen LogP contribution in [0, 0.1) is 5.92 Å². The average Bonchev–Trinajstić information content (AvgIpc) is 3.08. The van der Waals surface area contributed by atoms with Gasteiger partial charge in [0.25, 0.3) is 0 Å². The number of ether oxygens (including phenoxy) is 1. The number of cyclic esters (lactones) is 1. The first-order valence-corrected chi connectivity index (χ1v) is 14.5. The molecule has 0 N–H and O–H groups in total. The number of hydrogen-bond donors (Lipinski definition) is 0. The van der Waals surface area contributed by atoms with Crippen LogP contribution < -0.4 is 0 Å². The predicted molar refractivity (Wildman–Crippen MR) is 127 cm³/mol. The third-order valence-electron chi connectivity index (χ3n) is 6.25. The van der Waals surface area contributed by atoms with E-state index in [1.165, 1.54) is 70.6 Å². The van der Waals surface area contributed by atoms with Gasteiger partial charge in [-0.15, -0.1) is 0 Å². The number of fused-ring (bicyclic) bond motifs is 1. The second-order valence-corrected chi connectivity index (χ2v) is 10.7. The Kier molecular flexibility index (Phi) is 13.6. The van der Waals surface area contributed by atoms with E-state index in [0.29, 0.717) is 24.4 Å². The zero-order valence-corrected chi connectivity index (χ0v) is 21.3. The summed E-state index contributed by atoms with van der Waals surface area (Å²) in [6.07, 6.45) is 18.9. The molecular weight excluding hydrogens is 427 g/mol. The van der Waals surface area contributed by atoms with Crippen LogP contribution in [0.4, 0.5) is 0 Å². The summed E-state index contributed by atoms with van der Waals surface area (Å²) in [6, 6.07) is 0. The zero-order valence-electron chi connectivity index (χ0n) is 20.4. The molecule has 0 aliphatic carbocycles. The maximum absolute atomic E-state index is 13.0. The Balaban J connectivity index is 1.58. The van der Waals surface area contributed by atoms with Crippen molar-refractivity contribution < 1.29 is 27.7 Å². The smallest absolute Gasteiger partial charge is 0.461 e. The van der Waals surface area contributed by atoms with Gasteiger partial charge in [-0.05, 0) is 12.8 Å². The quantitative estimate of drug-likeness (QED) is 0.115. The van der Waals surface area contributed by atoms with E-state index >= 15 is 0 Å². The highest BCUT2D eigenvalue weighted by Gasteiger charge is 2.43. The van der Waals surface area contributed by atoms with Crippen molar-refractivity contribution in [3.63, 3.8) is 0 Å². The molecule has 7 heteroatoms. The lowest BCUT2D eigenvalue weighted by Gasteiger charge is -2.18. The van der Waals surface area contributed by atoms with E-state index in [-0.39, 0.29) is 25.1 Å². The van der Waals surface area contributed by atoms with Gasteiger partial charge in [0.15, 0.2) is 0 Å². The number of carbonyl (C=O) groups excluding carboxylic acids is 1. The van der Waals surface area contributed by atoms with Crippen LogP contribution in [0.25, 0.3) is 0 Å². The van der Waals surface area contributed by atoms with Crippen molar-refractivity contribution in [2.45, 2.75) is 117 Å². The van der Waals surface area contributed by atoms with E-state index in [9.17, 15) is 9.36 Å². The maximum atomic E-state index is 13.0. The lowest BCUT2D eigenvalue weighted by atomic mass is 10.00. The molecular formula is C25H45O6P. The molecule has 1 saturated heterocycles. The SMILES string of the molecule is CCCCCCCCCCCCCCCOP1(=O)OCC2COC(=O)C2=C(CCCC)O1. The molecule has 2 atom stereocenters. The monoisotopic (exact) mass is 472 g/mol. The third-order valence-corrected chi connectivity index (χ3v) is 7.66. The molecule has 0 bridgehead atoms. The van der Waals surface area contributed by atoms with Crippen LogP contribution in [0.15, 0.2) is 11.3 Å². The lowest BCUT2D eigenvalue weighted by Crippen LogP contribution is -2.10. The van der Waals surface area contributed by atoms with Crippen LogP contribution in [0.3, 0.4) is 0 Å². The molecule has 2 aliphatic heterocycles. The fourth-order valence-corrected chi connectivity index (χ4v) is 5.60. The third kappa shape index (κ3) is 9.97. The molecule has 0 spiro atoms. The Morgan fingerprint density at radius 1 is 0.812 bits per heavy atom. The lowest BCUT2D eigenvalue weighted by molar-refractivity contribution is -0.135. The van der Waals surface area contributed by atoms with Crippen molar-refractivity contribution in [1.82, 2.24) is 0 Å². The highest BCUT2D eigenvalue weighted by Crippen LogP contribution is 2.55. The Morgan fingerprint density at radius 3 is 1.97 bits per heavy atom. The zero-order chi connectivity index (χ0) is 23.1. The van der Waals surface area contributed by atoms with Crippen LogP contribution in [0.5, 0.6) is 0 Å². The molecule has 0 aromatic carbocycles. The standard InChI is InChI=1S/C25H45O6P/c1-3-5-7-8-9-10-11-12-13-14-15-16-17-19-29-32(27)30-21-22-20-28-25(26)24(22)23(31-32)18-6-4-2/h22H,3-21H2,1-2H3. The topological polar surface area (TPSA) is 71.1 Å². The van der Waals surface area contributed by atoms with Crippen LogP contribution >= 0.6 is 7.82 Å². The molecule has 2 aliphatic rings. The molecule has 32 heavy (non-hydrogen) atoms. The second-order valence-electron chi connectivity index (χ2n) is 9.15. The fourth-order valence-electron chi connectivity index (χ4n) is 4.25. The van der Waals surface area contributed by atoms with Crippen LogP contribution in [0.2, 0.25) is 0 Å².